The summed E-state index contributed by atoms with van der Waals surface area (Å²) >= 11 is 1.58. The van der Waals surface area contributed by atoms with Crippen molar-refractivity contribution in [3.8, 4) is 11.3 Å². The van der Waals surface area contributed by atoms with Crippen LogP contribution < -0.4 is 4.72 Å². The van der Waals surface area contributed by atoms with Crippen LogP contribution in [0.4, 0.5) is 0 Å². The fraction of sp³-hybridized carbons (Fsp3) is 0.238. The number of nitrogens with zero attached hydrogens (tertiary/aromatic N) is 3. The fourth-order valence-electron chi connectivity index (χ4n) is 3.32. The highest BCUT2D eigenvalue weighted by atomic mass is 32.2. The number of benzene rings is 1. The van der Waals surface area contributed by atoms with Crippen LogP contribution in [0.5, 0.6) is 0 Å². The summed E-state index contributed by atoms with van der Waals surface area (Å²) in [5, 5.41) is 6.54. The molecule has 0 fully saturated rings. The third-order valence-electron chi connectivity index (χ3n) is 4.76. The Balaban J connectivity index is 1.55. The van der Waals surface area contributed by atoms with Crippen molar-refractivity contribution in [3.05, 3.63) is 76.3 Å². The van der Waals surface area contributed by atoms with Gasteiger partial charge in [0.05, 0.1) is 16.6 Å². The van der Waals surface area contributed by atoms with Gasteiger partial charge in [-0.3, -0.25) is 4.68 Å². The molecule has 0 aliphatic heterocycles. The maximum atomic E-state index is 12.9. The molecule has 30 heavy (non-hydrogen) atoms. The second-order valence-electron chi connectivity index (χ2n) is 7.03. The third kappa shape index (κ3) is 4.23. The van der Waals surface area contributed by atoms with Crippen LogP contribution in [-0.4, -0.2) is 29.7 Å². The highest BCUT2D eigenvalue weighted by molar-refractivity contribution is 7.89. The van der Waals surface area contributed by atoms with E-state index in [-0.39, 0.29) is 17.5 Å². The van der Waals surface area contributed by atoms with Crippen LogP contribution in [-0.2, 0) is 10.0 Å². The normalized spacial score (nSPS) is 12.9. The van der Waals surface area contributed by atoms with Crippen molar-refractivity contribution >= 4 is 21.4 Å². The summed E-state index contributed by atoms with van der Waals surface area (Å²) in [6.45, 7) is 5.87. The molecule has 0 aliphatic rings. The number of aromatic nitrogens is 3. The molecule has 1 aromatic carbocycles. The van der Waals surface area contributed by atoms with Crippen LogP contribution in [0.1, 0.15) is 28.2 Å². The zero-order valence-corrected chi connectivity index (χ0v) is 18.5. The maximum absolute atomic E-state index is 12.9. The van der Waals surface area contributed by atoms with Gasteiger partial charge in [-0.15, -0.1) is 11.3 Å². The minimum atomic E-state index is -3.68. The van der Waals surface area contributed by atoms with Crippen LogP contribution in [0.2, 0.25) is 0 Å². The van der Waals surface area contributed by atoms with Gasteiger partial charge in [0.25, 0.3) is 0 Å². The van der Waals surface area contributed by atoms with Gasteiger partial charge in [-0.05, 0) is 43.5 Å². The lowest BCUT2D eigenvalue weighted by Crippen LogP contribution is -2.32. The Morgan fingerprint density at radius 1 is 1.17 bits per heavy atom. The molecule has 1 N–H and O–H groups in total. The number of aryl methyl sites for hydroxylation is 3. The van der Waals surface area contributed by atoms with E-state index in [0.717, 1.165) is 21.8 Å². The first-order valence-corrected chi connectivity index (χ1v) is 11.8. The molecule has 1 atom stereocenters. The SMILES string of the molecule is Cc1cc(C)n(C(CNS(=O)(=O)c2ccc(-c3coc(C)n3)cc2)c2cccs2)n1. The van der Waals surface area contributed by atoms with Gasteiger partial charge >= 0.3 is 0 Å². The van der Waals surface area contributed by atoms with Crippen LogP contribution >= 0.6 is 11.3 Å². The molecule has 9 heteroatoms. The van der Waals surface area contributed by atoms with E-state index in [2.05, 4.69) is 14.8 Å². The summed E-state index contributed by atoms with van der Waals surface area (Å²) in [4.78, 5) is 5.51. The molecule has 4 rings (SSSR count). The summed E-state index contributed by atoms with van der Waals surface area (Å²) in [5.41, 5.74) is 3.35. The van der Waals surface area contributed by atoms with E-state index in [1.54, 1.807) is 48.8 Å². The summed E-state index contributed by atoms with van der Waals surface area (Å²) in [6, 6.07) is 12.3. The smallest absolute Gasteiger partial charge is 0.240 e. The standard InChI is InChI=1S/C21H22N4O3S2/c1-14-11-15(2)25(24-14)20(21-5-4-10-29-21)12-22-30(26,27)18-8-6-17(7-9-18)19-13-28-16(3)23-19/h4-11,13,20,22H,12H2,1-3H3. The van der Waals surface area contributed by atoms with Gasteiger partial charge in [-0.1, -0.05) is 18.2 Å². The number of thiophene rings is 1. The molecule has 0 saturated carbocycles. The number of hydrogen-bond donors (Lipinski definition) is 1. The Labute approximate surface area is 179 Å². The summed E-state index contributed by atoms with van der Waals surface area (Å²) < 4.78 is 35.7. The first-order valence-electron chi connectivity index (χ1n) is 9.42. The van der Waals surface area contributed by atoms with Crippen molar-refractivity contribution in [1.29, 1.82) is 0 Å². The van der Waals surface area contributed by atoms with Crippen LogP contribution in [0, 0.1) is 20.8 Å². The molecule has 4 aromatic rings. The molecule has 0 bridgehead atoms. The van der Waals surface area contributed by atoms with E-state index >= 15 is 0 Å². The number of hydrogen-bond acceptors (Lipinski definition) is 6. The molecule has 0 amide bonds. The monoisotopic (exact) mass is 442 g/mol. The second-order valence-corrected chi connectivity index (χ2v) is 9.78. The van der Waals surface area contributed by atoms with E-state index in [0.29, 0.717) is 11.6 Å². The van der Waals surface area contributed by atoms with Crippen molar-refractivity contribution in [2.75, 3.05) is 6.54 Å². The molecule has 7 nitrogen and oxygen atoms in total. The molecular weight excluding hydrogens is 420 g/mol. The van der Waals surface area contributed by atoms with Crippen LogP contribution in [0.25, 0.3) is 11.3 Å². The van der Waals surface area contributed by atoms with Crippen LogP contribution in [0.3, 0.4) is 0 Å². The molecule has 156 valence electrons. The number of oxazole rings is 1. The zero-order chi connectivity index (χ0) is 21.3. The molecule has 3 heterocycles. The number of rotatable bonds is 7. The molecular formula is C21H22N4O3S2. The van der Waals surface area contributed by atoms with Crippen LogP contribution in [0.15, 0.2) is 63.4 Å². The van der Waals surface area contributed by atoms with Crippen molar-refractivity contribution in [1.82, 2.24) is 19.5 Å². The van der Waals surface area contributed by atoms with Gasteiger partial charge < -0.3 is 4.42 Å². The Kier molecular flexibility index (Phi) is 5.59. The highest BCUT2D eigenvalue weighted by Gasteiger charge is 2.22. The topological polar surface area (TPSA) is 90.0 Å². The number of sulfonamides is 1. The second kappa shape index (κ2) is 8.17. The Hall–Kier alpha value is -2.75. The lowest BCUT2D eigenvalue weighted by atomic mass is 10.2. The van der Waals surface area contributed by atoms with E-state index in [4.69, 9.17) is 4.42 Å². The average molecular weight is 443 g/mol. The van der Waals surface area contributed by atoms with E-state index in [1.807, 2.05) is 42.1 Å². The van der Waals surface area contributed by atoms with Gasteiger partial charge in [-0.2, -0.15) is 5.10 Å². The minimum absolute atomic E-state index is 0.199. The molecule has 0 aliphatic carbocycles. The van der Waals surface area contributed by atoms with Gasteiger partial charge in [-0.25, -0.2) is 18.1 Å². The molecule has 3 aromatic heterocycles. The largest absolute Gasteiger partial charge is 0.449 e. The lowest BCUT2D eigenvalue weighted by Gasteiger charge is -2.19. The predicted molar refractivity (Wildman–Crippen MR) is 116 cm³/mol. The minimum Gasteiger partial charge on any atom is -0.449 e. The maximum Gasteiger partial charge on any atom is 0.240 e. The Bertz CT molecular complexity index is 1240. The summed E-state index contributed by atoms with van der Waals surface area (Å²) in [5.74, 6) is 0.562. The highest BCUT2D eigenvalue weighted by Crippen LogP contribution is 2.25. The van der Waals surface area contributed by atoms with E-state index in [9.17, 15) is 8.42 Å². The molecule has 0 spiro atoms. The lowest BCUT2D eigenvalue weighted by molar-refractivity contribution is 0.499. The van der Waals surface area contributed by atoms with Gasteiger partial charge in [0.15, 0.2) is 5.89 Å². The van der Waals surface area contributed by atoms with Crippen molar-refractivity contribution in [3.63, 3.8) is 0 Å². The zero-order valence-electron chi connectivity index (χ0n) is 16.9. The predicted octanol–water partition coefficient (Wildman–Crippen LogP) is 4.09. The van der Waals surface area contributed by atoms with Gasteiger partial charge in [0.1, 0.15) is 12.0 Å². The quantitative estimate of drug-likeness (QED) is 0.465. The third-order valence-corrected chi connectivity index (χ3v) is 7.17. The summed E-state index contributed by atoms with van der Waals surface area (Å²) in [7, 11) is -3.68. The fourth-order valence-corrected chi connectivity index (χ4v) is 5.17. The van der Waals surface area contributed by atoms with Gasteiger partial charge in [0, 0.05) is 29.6 Å². The van der Waals surface area contributed by atoms with Crippen molar-refractivity contribution in [2.24, 2.45) is 0 Å². The van der Waals surface area contributed by atoms with Gasteiger partial charge in [0.2, 0.25) is 10.0 Å². The first-order chi connectivity index (χ1) is 14.3. The Morgan fingerprint density at radius 3 is 2.50 bits per heavy atom. The molecule has 1 unspecified atom stereocenters. The Morgan fingerprint density at radius 2 is 1.93 bits per heavy atom. The van der Waals surface area contributed by atoms with E-state index < -0.39 is 10.0 Å². The van der Waals surface area contributed by atoms with Crippen molar-refractivity contribution in [2.45, 2.75) is 31.7 Å². The average Bonchev–Trinajstić information content (AvgIpc) is 3.45. The first kappa shape index (κ1) is 20.5. The molecule has 0 saturated heterocycles. The van der Waals surface area contributed by atoms with Crippen molar-refractivity contribution < 1.29 is 12.8 Å². The number of nitrogens with one attached hydrogen (secondary N) is 1. The molecule has 0 radical (unpaired) electrons. The van der Waals surface area contributed by atoms with E-state index in [1.165, 1.54) is 0 Å². The summed E-state index contributed by atoms with van der Waals surface area (Å²) in [6.07, 6.45) is 1.55.